The Hall–Kier alpha value is -3.16. The minimum absolute atomic E-state index is 0.0459. The van der Waals surface area contributed by atoms with E-state index in [1.165, 1.54) is 25.4 Å². The van der Waals surface area contributed by atoms with Crippen LogP contribution in [0.5, 0.6) is 5.75 Å². The zero-order valence-corrected chi connectivity index (χ0v) is 19.1. The van der Waals surface area contributed by atoms with Gasteiger partial charge in [-0.2, -0.15) is 4.37 Å². The van der Waals surface area contributed by atoms with E-state index >= 15 is 0 Å². The van der Waals surface area contributed by atoms with Gasteiger partial charge in [-0.15, -0.1) is 5.92 Å². The van der Waals surface area contributed by atoms with Crippen molar-refractivity contribution in [2.45, 2.75) is 25.7 Å². The van der Waals surface area contributed by atoms with E-state index in [4.69, 9.17) is 9.47 Å². The molecule has 0 saturated carbocycles. The van der Waals surface area contributed by atoms with Crippen LogP contribution in [-0.2, 0) is 14.8 Å². The number of nitrogens with zero attached hydrogens (tertiary/aromatic N) is 3. The lowest BCUT2D eigenvalue weighted by Gasteiger charge is -2.23. The second-order valence-corrected chi connectivity index (χ2v) is 9.07. The summed E-state index contributed by atoms with van der Waals surface area (Å²) in [6, 6.07) is 6.01. The van der Waals surface area contributed by atoms with Crippen molar-refractivity contribution in [3.8, 4) is 17.6 Å². The Labute approximate surface area is 185 Å². The van der Waals surface area contributed by atoms with Gasteiger partial charge in [-0.05, 0) is 56.6 Å². The number of hydrogen-bond acceptors (Lipinski definition) is 8. The largest absolute Gasteiger partial charge is 0.481 e. The molecule has 0 N–H and O–H groups in total. The van der Waals surface area contributed by atoms with Crippen LogP contribution in [0, 0.1) is 18.8 Å². The van der Waals surface area contributed by atoms with E-state index in [9.17, 15) is 13.2 Å². The second-order valence-electron chi connectivity index (χ2n) is 6.35. The molecule has 0 fully saturated rings. The van der Waals surface area contributed by atoms with E-state index in [2.05, 4.69) is 21.2 Å². The molecule has 0 bridgehead atoms. The third-order valence-corrected chi connectivity index (χ3v) is 7.05. The number of esters is 1. The molecule has 2 heterocycles. The topological polar surface area (TPSA) is 98.7 Å². The monoisotopic (exact) mass is 459 g/mol. The predicted octanol–water partition coefficient (Wildman–Crippen LogP) is 3.40. The van der Waals surface area contributed by atoms with Crippen LogP contribution in [-0.4, -0.2) is 44.0 Å². The van der Waals surface area contributed by atoms with Crippen LogP contribution in [0.15, 0.2) is 35.4 Å². The highest BCUT2D eigenvalue weighted by Crippen LogP contribution is 2.36. The van der Waals surface area contributed by atoms with Crippen molar-refractivity contribution in [3.05, 3.63) is 41.7 Å². The summed E-state index contributed by atoms with van der Waals surface area (Å²) in [5.41, 5.74) is 0.826. The van der Waals surface area contributed by atoms with Crippen LogP contribution >= 0.6 is 11.5 Å². The number of carbonyl (C=O) groups is 1. The van der Waals surface area contributed by atoms with Crippen LogP contribution in [0.4, 0.5) is 5.69 Å². The Morgan fingerprint density at radius 1 is 1.26 bits per heavy atom. The molecule has 0 aliphatic rings. The lowest BCUT2D eigenvalue weighted by atomic mass is 10.1. The molecule has 0 aliphatic carbocycles. The van der Waals surface area contributed by atoms with Gasteiger partial charge in [0, 0.05) is 13.2 Å². The summed E-state index contributed by atoms with van der Waals surface area (Å²) in [5, 5.41) is 0.500. The molecule has 0 spiro atoms. The maximum atomic E-state index is 13.4. The molecule has 2 aromatic heterocycles. The fourth-order valence-corrected chi connectivity index (χ4v) is 4.88. The summed E-state index contributed by atoms with van der Waals surface area (Å²) in [5.74, 6) is 5.35. The van der Waals surface area contributed by atoms with E-state index in [1.807, 2.05) is 0 Å². The molecule has 162 valence electrons. The molecule has 1 aromatic carbocycles. The first-order valence-electron chi connectivity index (χ1n) is 9.34. The number of anilines is 1. The minimum atomic E-state index is -4.00. The first-order valence-corrected chi connectivity index (χ1v) is 11.6. The van der Waals surface area contributed by atoms with Crippen LogP contribution in [0.3, 0.4) is 0 Å². The van der Waals surface area contributed by atoms with Gasteiger partial charge < -0.3 is 9.47 Å². The molecule has 0 unspecified atom stereocenters. The van der Waals surface area contributed by atoms with E-state index in [1.54, 1.807) is 32.9 Å². The maximum absolute atomic E-state index is 13.4. The van der Waals surface area contributed by atoms with Crippen LogP contribution < -0.4 is 9.04 Å². The number of ether oxygens (including phenoxy) is 2. The third kappa shape index (κ3) is 4.47. The Morgan fingerprint density at radius 2 is 1.97 bits per heavy atom. The molecule has 3 rings (SSSR count). The lowest BCUT2D eigenvalue weighted by molar-refractivity contribution is 0.0527. The standard InChI is InChI=1S/C21H21N3O5S2/c1-5-7-12-29-15-8-10-16(11-9-15)31(26,27)24(4)19-17(21(25)28-6-2)13-22-20-18(19)14(3)23-30-20/h8-11,13H,6,12H2,1-4H3. The molecule has 31 heavy (non-hydrogen) atoms. The fourth-order valence-electron chi connectivity index (χ4n) is 2.90. The summed E-state index contributed by atoms with van der Waals surface area (Å²) in [7, 11) is -2.61. The van der Waals surface area contributed by atoms with Crippen molar-refractivity contribution in [1.29, 1.82) is 0 Å². The zero-order chi connectivity index (χ0) is 22.6. The average molecular weight is 460 g/mol. The number of aryl methyl sites for hydroxylation is 1. The van der Waals surface area contributed by atoms with Gasteiger partial charge in [-0.25, -0.2) is 18.2 Å². The van der Waals surface area contributed by atoms with E-state index in [-0.39, 0.29) is 29.4 Å². The highest BCUT2D eigenvalue weighted by atomic mass is 32.2. The third-order valence-electron chi connectivity index (χ3n) is 4.43. The van der Waals surface area contributed by atoms with E-state index < -0.39 is 16.0 Å². The molecule has 0 aliphatic heterocycles. The quantitative estimate of drug-likeness (QED) is 0.394. The molecule has 8 nitrogen and oxygen atoms in total. The van der Waals surface area contributed by atoms with Gasteiger partial charge >= 0.3 is 5.97 Å². The number of rotatable bonds is 7. The number of pyridine rings is 1. The van der Waals surface area contributed by atoms with Crippen molar-refractivity contribution in [2.24, 2.45) is 0 Å². The Morgan fingerprint density at radius 3 is 2.61 bits per heavy atom. The van der Waals surface area contributed by atoms with Crippen molar-refractivity contribution in [2.75, 3.05) is 24.6 Å². The highest BCUT2D eigenvalue weighted by Gasteiger charge is 2.29. The average Bonchev–Trinajstić information content (AvgIpc) is 3.14. The molecule has 0 atom stereocenters. The zero-order valence-electron chi connectivity index (χ0n) is 17.5. The fraction of sp³-hybridized carbons (Fsp3) is 0.286. The van der Waals surface area contributed by atoms with Crippen LogP contribution in [0.1, 0.15) is 29.9 Å². The summed E-state index contributed by atoms with van der Waals surface area (Å²) in [6.07, 6.45) is 1.32. The molecule has 0 amide bonds. The molecule has 0 saturated heterocycles. The Kier molecular flexibility index (Phi) is 6.77. The van der Waals surface area contributed by atoms with E-state index in [0.29, 0.717) is 21.7 Å². The van der Waals surface area contributed by atoms with Gasteiger partial charge in [0.1, 0.15) is 22.8 Å². The number of hydrogen-bond donors (Lipinski definition) is 0. The Balaban J connectivity index is 2.07. The molecule has 10 heteroatoms. The van der Waals surface area contributed by atoms with Crippen molar-refractivity contribution >= 4 is 43.4 Å². The minimum Gasteiger partial charge on any atom is -0.481 e. The smallest absolute Gasteiger partial charge is 0.341 e. The molecule has 3 aromatic rings. The van der Waals surface area contributed by atoms with E-state index in [0.717, 1.165) is 15.8 Å². The number of carbonyl (C=O) groups excluding carboxylic acids is 1. The number of sulfonamides is 1. The number of benzene rings is 1. The predicted molar refractivity (Wildman–Crippen MR) is 119 cm³/mol. The SMILES string of the molecule is CC#CCOc1ccc(S(=O)(=O)N(C)c2c(C(=O)OCC)cnc3snc(C)c23)cc1. The van der Waals surface area contributed by atoms with Gasteiger partial charge in [0.2, 0.25) is 0 Å². The lowest BCUT2D eigenvalue weighted by Crippen LogP contribution is -2.29. The van der Waals surface area contributed by atoms with Gasteiger partial charge in [-0.3, -0.25) is 4.31 Å². The van der Waals surface area contributed by atoms with Crippen molar-refractivity contribution in [1.82, 2.24) is 9.36 Å². The molecular formula is C21H21N3O5S2. The van der Waals surface area contributed by atoms with Gasteiger partial charge in [-0.1, -0.05) is 5.92 Å². The summed E-state index contributed by atoms with van der Waals surface area (Å²) in [6.45, 7) is 5.49. The number of fused-ring (bicyclic) bond motifs is 1. The van der Waals surface area contributed by atoms with Gasteiger partial charge in [0.05, 0.1) is 28.3 Å². The summed E-state index contributed by atoms with van der Waals surface area (Å²) < 4.78 is 42.7. The number of aromatic nitrogens is 2. The van der Waals surface area contributed by atoms with Crippen LogP contribution in [0.25, 0.3) is 10.2 Å². The maximum Gasteiger partial charge on any atom is 0.341 e. The summed E-state index contributed by atoms with van der Waals surface area (Å²) >= 11 is 1.13. The first-order chi connectivity index (χ1) is 14.8. The normalized spacial score (nSPS) is 11.0. The Bertz CT molecular complexity index is 1270. The molecular weight excluding hydrogens is 438 g/mol. The van der Waals surface area contributed by atoms with Crippen LogP contribution in [0.2, 0.25) is 0 Å². The van der Waals surface area contributed by atoms with Crippen molar-refractivity contribution in [3.63, 3.8) is 0 Å². The van der Waals surface area contributed by atoms with Gasteiger partial charge in [0.25, 0.3) is 10.0 Å². The summed E-state index contributed by atoms with van der Waals surface area (Å²) in [4.78, 5) is 17.4. The molecule has 0 radical (unpaired) electrons. The van der Waals surface area contributed by atoms with Gasteiger partial charge in [0.15, 0.2) is 0 Å². The van der Waals surface area contributed by atoms with Crippen molar-refractivity contribution < 1.29 is 22.7 Å². The second kappa shape index (κ2) is 9.32. The first kappa shape index (κ1) is 22.5. The highest BCUT2D eigenvalue weighted by molar-refractivity contribution is 7.92.